The van der Waals surface area contributed by atoms with Crippen molar-refractivity contribution in [3.05, 3.63) is 23.7 Å². The number of fused-ring (bicyclic) bond motifs is 1. The van der Waals surface area contributed by atoms with Crippen LogP contribution in [-0.4, -0.2) is 54.7 Å². The Balaban J connectivity index is 2.16. The van der Waals surface area contributed by atoms with Crippen LogP contribution in [0.4, 0.5) is 5.82 Å². The van der Waals surface area contributed by atoms with Gasteiger partial charge in [-0.3, -0.25) is 0 Å². The Bertz CT molecular complexity index is 700. The van der Waals surface area contributed by atoms with Crippen molar-refractivity contribution in [3.63, 3.8) is 0 Å². The van der Waals surface area contributed by atoms with Gasteiger partial charge in [-0.25, -0.2) is 14.3 Å². The van der Waals surface area contributed by atoms with Crippen LogP contribution in [0.5, 0.6) is 0 Å². The molecule has 1 aliphatic rings. The van der Waals surface area contributed by atoms with E-state index in [2.05, 4.69) is 10.1 Å². The first-order valence-electron chi connectivity index (χ1n) is 6.32. The second-order valence-electron chi connectivity index (χ2n) is 4.86. The smallest absolute Gasteiger partial charge is 0.338 e. The number of nitrogens with zero attached hydrogens (tertiary/aromatic N) is 3. The number of aromatic carboxylic acids is 1. The maximum atomic E-state index is 11.3. The summed E-state index contributed by atoms with van der Waals surface area (Å²) in [6, 6.07) is 1.36. The van der Waals surface area contributed by atoms with Crippen LogP contribution < -0.4 is 5.73 Å². The summed E-state index contributed by atoms with van der Waals surface area (Å²) < 4.78 is 6.84. The number of aliphatic hydroxyl groups is 2. The van der Waals surface area contributed by atoms with E-state index < -0.39 is 24.3 Å². The molecule has 0 amide bonds. The van der Waals surface area contributed by atoms with Crippen LogP contribution in [0.1, 0.15) is 28.6 Å². The van der Waals surface area contributed by atoms with Gasteiger partial charge >= 0.3 is 5.97 Å². The normalized spacial score (nSPS) is 25.5. The lowest BCUT2D eigenvalue weighted by atomic mass is 10.1. The van der Waals surface area contributed by atoms with Gasteiger partial charge in [0, 0.05) is 6.42 Å². The van der Waals surface area contributed by atoms with Crippen molar-refractivity contribution < 1.29 is 24.9 Å². The van der Waals surface area contributed by atoms with Gasteiger partial charge in [0.2, 0.25) is 0 Å². The van der Waals surface area contributed by atoms with E-state index in [1.807, 2.05) is 0 Å². The van der Waals surface area contributed by atoms with Gasteiger partial charge in [0.25, 0.3) is 0 Å². The lowest BCUT2D eigenvalue weighted by molar-refractivity contribution is -0.0137. The van der Waals surface area contributed by atoms with Gasteiger partial charge in [0.15, 0.2) is 5.82 Å². The molecule has 0 spiro atoms. The first-order chi connectivity index (χ1) is 10.0. The number of hydrogen-bond donors (Lipinski definition) is 4. The van der Waals surface area contributed by atoms with Crippen molar-refractivity contribution in [2.24, 2.45) is 0 Å². The highest BCUT2D eigenvalue weighted by molar-refractivity contribution is 5.99. The molecule has 21 heavy (non-hydrogen) atoms. The number of ether oxygens (including phenoxy) is 1. The first kappa shape index (κ1) is 13.7. The second-order valence-corrected chi connectivity index (χ2v) is 4.86. The number of anilines is 1. The topological polar surface area (TPSA) is 143 Å². The molecular weight excluding hydrogens is 280 g/mol. The quantitative estimate of drug-likeness (QED) is 0.575. The second kappa shape index (κ2) is 4.95. The molecule has 0 radical (unpaired) electrons. The minimum absolute atomic E-state index is 0.0276. The predicted octanol–water partition coefficient (Wildman–Crippen LogP) is -0.807. The number of carboxylic acid groups (broad SMARTS) is 1. The number of carboxylic acids is 1. The number of aliphatic hydroxyl groups excluding tert-OH is 2. The molecule has 112 valence electrons. The van der Waals surface area contributed by atoms with E-state index in [9.17, 15) is 15.0 Å². The Morgan fingerprint density at radius 3 is 2.95 bits per heavy atom. The maximum absolute atomic E-state index is 11.3. The zero-order valence-electron chi connectivity index (χ0n) is 10.9. The van der Waals surface area contributed by atoms with E-state index >= 15 is 0 Å². The zero-order valence-corrected chi connectivity index (χ0v) is 10.9. The molecule has 5 N–H and O–H groups in total. The molecule has 1 aliphatic heterocycles. The summed E-state index contributed by atoms with van der Waals surface area (Å²) in [5.41, 5.74) is 6.17. The van der Waals surface area contributed by atoms with Gasteiger partial charge in [0.1, 0.15) is 17.9 Å². The lowest BCUT2D eigenvalue weighted by Crippen LogP contribution is -2.15. The number of rotatable bonds is 3. The number of nitrogens with two attached hydrogens (primary N) is 1. The van der Waals surface area contributed by atoms with E-state index in [1.54, 1.807) is 0 Å². The summed E-state index contributed by atoms with van der Waals surface area (Å²) in [5.74, 6) is -1.15. The highest BCUT2D eigenvalue weighted by Crippen LogP contribution is 2.35. The van der Waals surface area contributed by atoms with Crippen LogP contribution in [0.15, 0.2) is 12.4 Å². The fraction of sp³-hybridized carbons (Fsp3) is 0.417. The van der Waals surface area contributed by atoms with Crippen molar-refractivity contribution in [1.82, 2.24) is 14.6 Å². The molecule has 0 aromatic carbocycles. The average molecular weight is 294 g/mol. The SMILES string of the molecule is Nc1ncnn2c(C3OC(CO)CC3O)cc(C(=O)O)c12. The van der Waals surface area contributed by atoms with Crippen LogP contribution in [0.2, 0.25) is 0 Å². The fourth-order valence-corrected chi connectivity index (χ4v) is 2.59. The predicted molar refractivity (Wildman–Crippen MR) is 69.7 cm³/mol. The molecule has 2 aromatic rings. The molecule has 2 aromatic heterocycles. The van der Waals surface area contributed by atoms with E-state index in [1.165, 1.54) is 16.9 Å². The lowest BCUT2D eigenvalue weighted by Gasteiger charge is -2.14. The largest absolute Gasteiger partial charge is 0.478 e. The van der Waals surface area contributed by atoms with Crippen LogP contribution in [-0.2, 0) is 4.74 Å². The molecule has 3 heterocycles. The van der Waals surface area contributed by atoms with Crippen molar-refractivity contribution in [3.8, 4) is 0 Å². The molecule has 0 saturated carbocycles. The van der Waals surface area contributed by atoms with Crippen molar-refractivity contribution in [1.29, 1.82) is 0 Å². The van der Waals surface area contributed by atoms with Crippen molar-refractivity contribution >= 4 is 17.3 Å². The van der Waals surface area contributed by atoms with Gasteiger partial charge in [-0.2, -0.15) is 5.10 Å². The summed E-state index contributed by atoms with van der Waals surface area (Å²) in [5, 5.41) is 32.4. The molecule has 3 unspecified atom stereocenters. The molecule has 9 heteroatoms. The van der Waals surface area contributed by atoms with Gasteiger partial charge in [0.05, 0.1) is 30.1 Å². The van der Waals surface area contributed by atoms with Gasteiger partial charge < -0.3 is 25.8 Å². The summed E-state index contributed by atoms with van der Waals surface area (Å²) in [6.07, 6.45) is -0.683. The molecule has 1 saturated heterocycles. The average Bonchev–Trinajstić information content (AvgIpc) is 3.00. The summed E-state index contributed by atoms with van der Waals surface area (Å²) in [7, 11) is 0. The molecule has 3 rings (SSSR count). The molecule has 0 aliphatic carbocycles. The van der Waals surface area contributed by atoms with Crippen LogP contribution >= 0.6 is 0 Å². The summed E-state index contributed by atoms with van der Waals surface area (Å²) in [4.78, 5) is 15.1. The summed E-state index contributed by atoms with van der Waals surface area (Å²) in [6.45, 7) is -0.222. The summed E-state index contributed by atoms with van der Waals surface area (Å²) >= 11 is 0. The highest BCUT2D eigenvalue weighted by atomic mass is 16.5. The van der Waals surface area contributed by atoms with Crippen molar-refractivity contribution in [2.75, 3.05) is 12.3 Å². The molecular formula is C12H14N4O5. The third kappa shape index (κ3) is 2.11. The van der Waals surface area contributed by atoms with Crippen LogP contribution in [0, 0.1) is 0 Å². The highest BCUT2D eigenvalue weighted by Gasteiger charge is 2.37. The van der Waals surface area contributed by atoms with E-state index in [-0.39, 0.29) is 29.9 Å². The number of nitrogen functional groups attached to an aromatic ring is 1. The number of carbonyl (C=O) groups is 1. The minimum Gasteiger partial charge on any atom is -0.478 e. The van der Waals surface area contributed by atoms with Gasteiger partial charge in [-0.15, -0.1) is 0 Å². The minimum atomic E-state index is -1.17. The molecule has 0 bridgehead atoms. The maximum Gasteiger partial charge on any atom is 0.338 e. The molecule has 1 fully saturated rings. The van der Waals surface area contributed by atoms with E-state index in [0.717, 1.165) is 0 Å². The van der Waals surface area contributed by atoms with Gasteiger partial charge in [-0.05, 0) is 6.07 Å². The zero-order chi connectivity index (χ0) is 15.1. The van der Waals surface area contributed by atoms with Crippen LogP contribution in [0.25, 0.3) is 5.52 Å². The Kier molecular flexibility index (Phi) is 3.24. The Hall–Kier alpha value is -2.23. The third-order valence-corrected chi connectivity index (χ3v) is 3.53. The Labute approximate surface area is 118 Å². The monoisotopic (exact) mass is 294 g/mol. The van der Waals surface area contributed by atoms with Gasteiger partial charge in [-0.1, -0.05) is 0 Å². The van der Waals surface area contributed by atoms with E-state index in [4.69, 9.17) is 15.6 Å². The first-order valence-corrected chi connectivity index (χ1v) is 6.32. The Morgan fingerprint density at radius 2 is 2.33 bits per heavy atom. The van der Waals surface area contributed by atoms with Crippen LogP contribution in [0.3, 0.4) is 0 Å². The number of aromatic nitrogens is 3. The fourth-order valence-electron chi connectivity index (χ4n) is 2.59. The standard InChI is InChI=1S/C12H14N4O5/c13-11-9-6(12(19)20)2-7(16(9)15-4-14-11)10-8(18)1-5(3-17)21-10/h2,4-5,8,10,17-18H,1,3H2,(H,19,20)(H2,13,14,15). The Morgan fingerprint density at radius 1 is 1.57 bits per heavy atom. The molecule has 3 atom stereocenters. The molecule has 9 nitrogen and oxygen atoms in total. The third-order valence-electron chi connectivity index (χ3n) is 3.53. The number of hydrogen-bond acceptors (Lipinski definition) is 7. The van der Waals surface area contributed by atoms with Crippen molar-refractivity contribution in [2.45, 2.75) is 24.7 Å². The van der Waals surface area contributed by atoms with E-state index in [0.29, 0.717) is 5.69 Å².